The summed E-state index contributed by atoms with van der Waals surface area (Å²) >= 11 is 4.76. The van der Waals surface area contributed by atoms with Gasteiger partial charge >= 0.3 is 0 Å². The number of thiocarbonyl (C=S) groups is 1. The topological polar surface area (TPSA) is 51.2 Å². The summed E-state index contributed by atoms with van der Waals surface area (Å²) in [6.07, 6.45) is 1.64. The second-order valence-corrected chi connectivity index (χ2v) is 3.49. The molecule has 0 bridgehead atoms. The zero-order chi connectivity index (χ0) is 10.7. The molecule has 0 aliphatic rings. The third kappa shape index (κ3) is 2.35. The van der Waals surface area contributed by atoms with Crippen molar-refractivity contribution in [2.45, 2.75) is 0 Å². The number of rotatable bonds is 2. The van der Waals surface area contributed by atoms with Crippen LogP contribution in [0.25, 0.3) is 11.3 Å². The highest BCUT2D eigenvalue weighted by atomic mass is 32.1. The van der Waals surface area contributed by atoms with Crippen LogP contribution in [0.15, 0.2) is 47.1 Å². The Morgan fingerprint density at radius 1 is 1.27 bits per heavy atom. The van der Waals surface area contributed by atoms with E-state index in [1.165, 1.54) is 0 Å². The number of nitrogens with one attached hydrogen (secondary N) is 1. The lowest BCUT2D eigenvalue weighted by Crippen LogP contribution is -2.18. The minimum atomic E-state index is 0.256. The van der Waals surface area contributed by atoms with E-state index in [0.717, 1.165) is 17.0 Å². The van der Waals surface area contributed by atoms with Crippen LogP contribution in [0.5, 0.6) is 0 Å². The van der Waals surface area contributed by atoms with Gasteiger partial charge in [0.15, 0.2) is 5.11 Å². The summed E-state index contributed by atoms with van der Waals surface area (Å²) in [4.78, 5) is 0. The van der Waals surface area contributed by atoms with E-state index in [9.17, 15) is 0 Å². The summed E-state index contributed by atoms with van der Waals surface area (Å²) in [5.74, 6) is 0.821. The first kappa shape index (κ1) is 9.73. The van der Waals surface area contributed by atoms with Crippen LogP contribution >= 0.6 is 12.2 Å². The number of anilines is 1. The fourth-order valence-corrected chi connectivity index (χ4v) is 1.45. The normalized spacial score (nSPS) is 9.87. The molecule has 1 heterocycles. The van der Waals surface area contributed by atoms with Gasteiger partial charge in [-0.2, -0.15) is 0 Å². The molecule has 4 heteroatoms. The molecule has 3 N–H and O–H groups in total. The average Bonchev–Trinajstić information content (AvgIpc) is 2.69. The Labute approximate surface area is 92.9 Å². The molecule has 0 atom stereocenters. The Morgan fingerprint density at radius 3 is 2.80 bits per heavy atom. The average molecular weight is 218 g/mol. The zero-order valence-corrected chi connectivity index (χ0v) is 8.75. The summed E-state index contributed by atoms with van der Waals surface area (Å²) in [5.41, 5.74) is 7.24. The number of benzene rings is 1. The maximum absolute atomic E-state index is 5.39. The van der Waals surface area contributed by atoms with Crippen molar-refractivity contribution >= 4 is 23.0 Å². The van der Waals surface area contributed by atoms with Crippen LogP contribution in [0.3, 0.4) is 0 Å². The molecule has 0 aliphatic carbocycles. The fourth-order valence-electron chi connectivity index (χ4n) is 1.34. The van der Waals surface area contributed by atoms with Gasteiger partial charge < -0.3 is 15.5 Å². The lowest BCUT2D eigenvalue weighted by atomic mass is 10.1. The third-order valence-corrected chi connectivity index (χ3v) is 2.04. The van der Waals surface area contributed by atoms with Crippen molar-refractivity contribution < 1.29 is 4.42 Å². The maximum Gasteiger partial charge on any atom is 0.168 e. The van der Waals surface area contributed by atoms with E-state index >= 15 is 0 Å². The Hall–Kier alpha value is -1.81. The van der Waals surface area contributed by atoms with Crippen molar-refractivity contribution in [3.05, 3.63) is 42.7 Å². The molecule has 3 nitrogen and oxygen atoms in total. The van der Waals surface area contributed by atoms with E-state index in [-0.39, 0.29) is 5.11 Å². The highest BCUT2D eigenvalue weighted by Crippen LogP contribution is 2.22. The van der Waals surface area contributed by atoms with Gasteiger partial charge in [0.1, 0.15) is 5.76 Å². The van der Waals surface area contributed by atoms with Crippen molar-refractivity contribution in [2.75, 3.05) is 5.32 Å². The third-order valence-electron chi connectivity index (χ3n) is 1.94. The Bertz CT molecular complexity index is 465. The van der Waals surface area contributed by atoms with Gasteiger partial charge in [-0.1, -0.05) is 12.1 Å². The molecule has 0 saturated heterocycles. The summed E-state index contributed by atoms with van der Waals surface area (Å²) in [6.45, 7) is 0. The lowest BCUT2D eigenvalue weighted by molar-refractivity contribution is 0.582. The minimum absolute atomic E-state index is 0.256. The van der Waals surface area contributed by atoms with E-state index in [0.29, 0.717) is 0 Å². The van der Waals surface area contributed by atoms with Crippen molar-refractivity contribution in [1.82, 2.24) is 0 Å². The molecule has 1 aromatic heterocycles. The highest BCUT2D eigenvalue weighted by molar-refractivity contribution is 7.80. The van der Waals surface area contributed by atoms with Gasteiger partial charge in [0.05, 0.1) is 6.26 Å². The number of hydrogen-bond donors (Lipinski definition) is 2. The van der Waals surface area contributed by atoms with E-state index in [1.807, 2.05) is 36.4 Å². The smallest absolute Gasteiger partial charge is 0.168 e. The van der Waals surface area contributed by atoms with Gasteiger partial charge in [0.2, 0.25) is 0 Å². The first-order valence-electron chi connectivity index (χ1n) is 4.46. The quantitative estimate of drug-likeness (QED) is 0.761. The summed E-state index contributed by atoms with van der Waals surface area (Å²) in [7, 11) is 0. The Balaban J connectivity index is 2.31. The second-order valence-electron chi connectivity index (χ2n) is 3.05. The van der Waals surface area contributed by atoms with Crippen LogP contribution in [-0.2, 0) is 0 Å². The molecule has 0 amide bonds. The van der Waals surface area contributed by atoms with Crippen molar-refractivity contribution in [3.63, 3.8) is 0 Å². The number of furan rings is 1. The Morgan fingerprint density at radius 2 is 2.13 bits per heavy atom. The van der Waals surface area contributed by atoms with Gasteiger partial charge in [0, 0.05) is 11.3 Å². The van der Waals surface area contributed by atoms with Crippen molar-refractivity contribution in [3.8, 4) is 11.3 Å². The molecule has 2 rings (SSSR count). The first-order chi connectivity index (χ1) is 7.25. The summed E-state index contributed by atoms with van der Waals surface area (Å²) in [6, 6.07) is 11.5. The van der Waals surface area contributed by atoms with Crippen LogP contribution in [0, 0.1) is 0 Å². The van der Waals surface area contributed by atoms with E-state index < -0.39 is 0 Å². The first-order valence-corrected chi connectivity index (χ1v) is 4.87. The van der Waals surface area contributed by atoms with Crippen LogP contribution in [-0.4, -0.2) is 5.11 Å². The summed E-state index contributed by atoms with van der Waals surface area (Å²) < 4.78 is 5.29. The molecule has 1 aromatic carbocycles. The molecule has 0 spiro atoms. The molecule has 0 fully saturated rings. The van der Waals surface area contributed by atoms with E-state index in [2.05, 4.69) is 5.32 Å². The van der Waals surface area contributed by atoms with Crippen LogP contribution in [0.2, 0.25) is 0 Å². The van der Waals surface area contributed by atoms with Gasteiger partial charge in [-0.15, -0.1) is 0 Å². The lowest BCUT2D eigenvalue weighted by Gasteiger charge is -2.04. The largest absolute Gasteiger partial charge is 0.464 e. The molecule has 0 radical (unpaired) electrons. The number of hydrogen-bond acceptors (Lipinski definition) is 2. The molecular weight excluding hydrogens is 208 g/mol. The zero-order valence-electron chi connectivity index (χ0n) is 7.94. The number of nitrogens with two attached hydrogens (primary N) is 1. The molecule has 15 heavy (non-hydrogen) atoms. The predicted octanol–water partition coefficient (Wildman–Crippen LogP) is 2.60. The molecule has 0 saturated carbocycles. The second kappa shape index (κ2) is 4.14. The van der Waals surface area contributed by atoms with Crippen molar-refractivity contribution in [2.24, 2.45) is 5.73 Å². The highest BCUT2D eigenvalue weighted by Gasteiger charge is 2.01. The fraction of sp³-hybridized carbons (Fsp3) is 0. The van der Waals surface area contributed by atoms with Crippen LogP contribution < -0.4 is 11.1 Å². The van der Waals surface area contributed by atoms with Gasteiger partial charge in [-0.05, 0) is 36.5 Å². The minimum Gasteiger partial charge on any atom is -0.464 e. The van der Waals surface area contributed by atoms with Crippen LogP contribution in [0.4, 0.5) is 5.69 Å². The summed E-state index contributed by atoms with van der Waals surface area (Å²) in [5, 5.41) is 3.13. The standard InChI is InChI=1S/C11H10N2OS/c12-11(15)13-9-4-1-3-8(7-9)10-5-2-6-14-10/h1-7H,(H3,12,13,15). The van der Waals surface area contributed by atoms with E-state index in [4.69, 9.17) is 22.4 Å². The maximum atomic E-state index is 5.39. The predicted molar refractivity (Wildman–Crippen MR) is 64.6 cm³/mol. The van der Waals surface area contributed by atoms with Gasteiger partial charge in [-0.3, -0.25) is 0 Å². The monoisotopic (exact) mass is 218 g/mol. The molecule has 0 aliphatic heterocycles. The molecule has 0 unspecified atom stereocenters. The van der Waals surface area contributed by atoms with Crippen molar-refractivity contribution in [1.29, 1.82) is 0 Å². The van der Waals surface area contributed by atoms with Gasteiger partial charge in [0.25, 0.3) is 0 Å². The Kier molecular flexibility index (Phi) is 2.69. The van der Waals surface area contributed by atoms with E-state index in [1.54, 1.807) is 6.26 Å². The van der Waals surface area contributed by atoms with Gasteiger partial charge in [-0.25, -0.2) is 0 Å². The van der Waals surface area contributed by atoms with Crippen LogP contribution in [0.1, 0.15) is 0 Å². The molecular formula is C11H10N2OS. The molecule has 76 valence electrons. The SMILES string of the molecule is NC(=S)Nc1cccc(-c2ccco2)c1. The molecule has 2 aromatic rings.